The number of aliphatic hydroxyl groups excluding tert-OH is 1. The summed E-state index contributed by atoms with van der Waals surface area (Å²) in [6.45, 7) is 6.94. The molecule has 3 heteroatoms. The van der Waals surface area contributed by atoms with Crippen molar-refractivity contribution in [3.8, 4) is 0 Å². The predicted molar refractivity (Wildman–Crippen MR) is 55.8 cm³/mol. The van der Waals surface area contributed by atoms with Crippen LogP contribution in [0.25, 0.3) is 0 Å². The van der Waals surface area contributed by atoms with Gasteiger partial charge < -0.3 is 10.4 Å². The lowest BCUT2D eigenvalue weighted by molar-refractivity contribution is -0.120. The van der Waals surface area contributed by atoms with E-state index in [1.165, 1.54) is 0 Å². The Morgan fingerprint density at radius 2 is 2.00 bits per heavy atom. The summed E-state index contributed by atoms with van der Waals surface area (Å²) in [5, 5.41) is 10.2. The molecule has 1 aliphatic heterocycles. The van der Waals surface area contributed by atoms with Gasteiger partial charge in [0.25, 0.3) is 0 Å². The van der Waals surface area contributed by atoms with Crippen molar-refractivity contribution in [2.24, 2.45) is 0 Å². The molecule has 0 saturated carbocycles. The summed E-state index contributed by atoms with van der Waals surface area (Å²) in [6.07, 6.45) is 2.89. The van der Waals surface area contributed by atoms with E-state index in [0.717, 1.165) is 26.5 Å². The van der Waals surface area contributed by atoms with Crippen LogP contribution in [0.3, 0.4) is 0 Å². The Labute approximate surface area is 81.5 Å². The molecule has 1 saturated heterocycles. The van der Waals surface area contributed by atoms with E-state index >= 15 is 0 Å². The van der Waals surface area contributed by atoms with Gasteiger partial charge in [-0.05, 0) is 19.4 Å². The lowest BCUT2D eigenvalue weighted by Crippen LogP contribution is -2.29. The van der Waals surface area contributed by atoms with Crippen molar-refractivity contribution in [3.63, 3.8) is 0 Å². The van der Waals surface area contributed by atoms with Crippen molar-refractivity contribution < 1.29 is 9.90 Å². The maximum atomic E-state index is 11.0. The van der Waals surface area contributed by atoms with Crippen molar-refractivity contribution in [2.45, 2.75) is 46.1 Å². The fourth-order valence-electron chi connectivity index (χ4n) is 1.21. The first kappa shape index (κ1) is 15.1. The first-order valence-corrected chi connectivity index (χ1v) is 5.05. The summed E-state index contributed by atoms with van der Waals surface area (Å²) in [5.74, 6) is 0.368. The number of rotatable bonds is 2. The number of nitrogens with one attached hydrogen (secondary N) is 1. The minimum Gasteiger partial charge on any atom is -0.400 e. The van der Waals surface area contributed by atoms with Crippen LogP contribution in [0, 0.1) is 0 Å². The number of hydrogen-bond donors (Lipinski definition) is 2. The highest BCUT2D eigenvalue weighted by Gasteiger charge is 2.19. The molecule has 2 N–H and O–H groups in total. The average molecular weight is 189 g/mol. The van der Waals surface area contributed by atoms with Gasteiger partial charge in [0.15, 0.2) is 0 Å². The van der Waals surface area contributed by atoms with Crippen LogP contribution in [0.4, 0.5) is 0 Å². The zero-order valence-corrected chi connectivity index (χ0v) is 9.26. The Morgan fingerprint density at radius 1 is 1.46 bits per heavy atom. The van der Waals surface area contributed by atoms with Crippen LogP contribution in [0.1, 0.15) is 40.0 Å². The van der Waals surface area contributed by atoms with Crippen LogP contribution in [-0.4, -0.2) is 30.6 Å². The molecule has 0 amide bonds. The van der Waals surface area contributed by atoms with E-state index in [1.807, 2.05) is 20.8 Å². The molecule has 0 aliphatic carbocycles. The molecule has 0 bridgehead atoms. The summed E-state index contributed by atoms with van der Waals surface area (Å²) in [5.41, 5.74) is 0. The van der Waals surface area contributed by atoms with Gasteiger partial charge in [0.1, 0.15) is 5.78 Å². The molecule has 3 nitrogen and oxygen atoms in total. The molecule has 1 atom stereocenters. The first-order chi connectivity index (χ1) is 6.34. The van der Waals surface area contributed by atoms with E-state index in [-0.39, 0.29) is 6.04 Å². The number of ketones is 1. The second kappa shape index (κ2) is 11.6. The number of carbonyl (C=O) groups is 1. The Morgan fingerprint density at radius 3 is 2.31 bits per heavy atom. The SMILES string of the molecule is CC.CCC(=O)C1CCCN1.CO. The monoisotopic (exact) mass is 189 g/mol. The van der Waals surface area contributed by atoms with Crippen LogP contribution >= 0.6 is 0 Å². The Balaban J connectivity index is 0. The molecule has 0 spiro atoms. The van der Waals surface area contributed by atoms with Crippen molar-refractivity contribution in [1.29, 1.82) is 0 Å². The minimum atomic E-state index is 0.190. The summed E-state index contributed by atoms with van der Waals surface area (Å²) < 4.78 is 0. The zero-order chi connectivity index (χ0) is 10.7. The summed E-state index contributed by atoms with van der Waals surface area (Å²) >= 11 is 0. The summed E-state index contributed by atoms with van der Waals surface area (Å²) in [7, 11) is 1.00. The fraction of sp³-hybridized carbons (Fsp3) is 0.900. The number of carbonyl (C=O) groups excluding carboxylic acids is 1. The number of hydrogen-bond acceptors (Lipinski definition) is 3. The van der Waals surface area contributed by atoms with Crippen LogP contribution in [-0.2, 0) is 4.79 Å². The molecular formula is C10H23NO2. The third-order valence-electron chi connectivity index (χ3n) is 1.80. The second-order valence-corrected chi connectivity index (χ2v) is 2.47. The first-order valence-electron chi connectivity index (χ1n) is 5.05. The van der Waals surface area contributed by atoms with Crippen molar-refractivity contribution >= 4 is 5.78 Å². The van der Waals surface area contributed by atoms with Crippen LogP contribution in [0.5, 0.6) is 0 Å². The van der Waals surface area contributed by atoms with E-state index in [0.29, 0.717) is 12.2 Å². The van der Waals surface area contributed by atoms with Crippen molar-refractivity contribution in [1.82, 2.24) is 5.32 Å². The van der Waals surface area contributed by atoms with Crippen LogP contribution in [0.15, 0.2) is 0 Å². The van der Waals surface area contributed by atoms with Crippen LogP contribution in [0.2, 0.25) is 0 Å². The standard InChI is InChI=1S/C7H13NO.C2H6.CH4O/c1-2-7(9)6-4-3-5-8-6;2*1-2/h6,8H,2-5H2,1H3;1-2H3;2H,1H3. The van der Waals surface area contributed by atoms with E-state index in [4.69, 9.17) is 5.11 Å². The molecule has 0 aromatic heterocycles. The van der Waals surface area contributed by atoms with Crippen LogP contribution < -0.4 is 5.32 Å². The Kier molecular flexibility index (Phi) is 13.4. The normalized spacial score (nSPS) is 19.3. The predicted octanol–water partition coefficient (Wildman–Crippen LogP) is 1.35. The van der Waals surface area contributed by atoms with E-state index in [9.17, 15) is 4.79 Å². The van der Waals surface area contributed by atoms with Gasteiger partial charge in [-0.2, -0.15) is 0 Å². The van der Waals surface area contributed by atoms with Crippen molar-refractivity contribution in [2.75, 3.05) is 13.7 Å². The topological polar surface area (TPSA) is 49.3 Å². The highest BCUT2D eigenvalue weighted by molar-refractivity contribution is 5.83. The second-order valence-electron chi connectivity index (χ2n) is 2.47. The van der Waals surface area contributed by atoms with Gasteiger partial charge in [0.2, 0.25) is 0 Å². The molecule has 1 heterocycles. The van der Waals surface area contributed by atoms with E-state index < -0.39 is 0 Å². The fourth-order valence-corrected chi connectivity index (χ4v) is 1.21. The Hall–Kier alpha value is -0.410. The number of aliphatic hydroxyl groups is 1. The molecule has 1 unspecified atom stereocenters. The summed E-state index contributed by atoms with van der Waals surface area (Å²) in [4.78, 5) is 11.0. The minimum absolute atomic E-state index is 0.190. The van der Waals surface area contributed by atoms with E-state index in [2.05, 4.69) is 5.32 Å². The van der Waals surface area contributed by atoms with E-state index in [1.54, 1.807) is 0 Å². The molecule has 80 valence electrons. The van der Waals surface area contributed by atoms with Gasteiger partial charge in [0.05, 0.1) is 6.04 Å². The van der Waals surface area contributed by atoms with Gasteiger partial charge in [-0.3, -0.25) is 4.79 Å². The van der Waals surface area contributed by atoms with Gasteiger partial charge in [0, 0.05) is 13.5 Å². The molecule has 1 fully saturated rings. The smallest absolute Gasteiger partial charge is 0.149 e. The highest BCUT2D eigenvalue weighted by atomic mass is 16.2. The quantitative estimate of drug-likeness (QED) is 0.689. The van der Waals surface area contributed by atoms with Gasteiger partial charge >= 0.3 is 0 Å². The molecular weight excluding hydrogens is 166 g/mol. The third-order valence-corrected chi connectivity index (χ3v) is 1.80. The third kappa shape index (κ3) is 6.72. The number of Topliss-reactive ketones (excluding diaryl/α,β-unsaturated/α-hetero) is 1. The zero-order valence-electron chi connectivity index (χ0n) is 9.26. The maximum Gasteiger partial charge on any atom is 0.149 e. The molecule has 1 aliphatic rings. The molecule has 0 aromatic rings. The van der Waals surface area contributed by atoms with Gasteiger partial charge in [-0.15, -0.1) is 0 Å². The van der Waals surface area contributed by atoms with Gasteiger partial charge in [-0.25, -0.2) is 0 Å². The highest BCUT2D eigenvalue weighted by Crippen LogP contribution is 2.06. The maximum absolute atomic E-state index is 11.0. The average Bonchev–Trinajstić information content (AvgIpc) is 2.76. The molecule has 0 radical (unpaired) electrons. The molecule has 1 rings (SSSR count). The Bertz CT molecular complexity index is 109. The lowest BCUT2D eigenvalue weighted by Gasteiger charge is -2.04. The molecule has 0 aromatic carbocycles. The molecule has 13 heavy (non-hydrogen) atoms. The van der Waals surface area contributed by atoms with Crippen molar-refractivity contribution in [3.05, 3.63) is 0 Å². The van der Waals surface area contributed by atoms with Gasteiger partial charge in [-0.1, -0.05) is 20.8 Å². The largest absolute Gasteiger partial charge is 0.400 e. The summed E-state index contributed by atoms with van der Waals surface area (Å²) in [6, 6.07) is 0.190. The lowest BCUT2D eigenvalue weighted by atomic mass is 10.1.